The molecule has 0 heterocycles. The third kappa shape index (κ3) is 4.81. The fourth-order valence-electron chi connectivity index (χ4n) is 0.924. The molecule has 0 aromatic carbocycles. The Bertz CT molecular complexity index is 323. The summed E-state index contributed by atoms with van der Waals surface area (Å²) in [6, 6.07) is 0. The summed E-state index contributed by atoms with van der Waals surface area (Å²) in [7, 11) is 0. The summed E-state index contributed by atoms with van der Waals surface area (Å²) in [5.41, 5.74) is -0.0814. The lowest BCUT2D eigenvalue weighted by atomic mass is 10.2. The van der Waals surface area contributed by atoms with Gasteiger partial charge in [-0.15, -0.1) is 0 Å². The van der Waals surface area contributed by atoms with Crippen molar-refractivity contribution in [3.05, 3.63) is 36.1 Å². The van der Waals surface area contributed by atoms with Crippen molar-refractivity contribution >= 4 is 11.9 Å². The van der Waals surface area contributed by atoms with Crippen LogP contribution in [-0.2, 0) is 14.3 Å². The monoisotopic (exact) mass is 210 g/mol. The Morgan fingerprint density at radius 2 is 2.07 bits per heavy atom. The van der Waals surface area contributed by atoms with Gasteiger partial charge in [0.15, 0.2) is 0 Å². The number of hydrogen-bond acceptors (Lipinski definition) is 3. The molecule has 0 saturated carbocycles. The van der Waals surface area contributed by atoms with E-state index in [2.05, 4.69) is 6.58 Å². The van der Waals surface area contributed by atoms with E-state index >= 15 is 0 Å². The van der Waals surface area contributed by atoms with Gasteiger partial charge in [0.05, 0.1) is 0 Å². The predicted molar refractivity (Wildman–Crippen MR) is 56.1 cm³/mol. The van der Waals surface area contributed by atoms with E-state index in [1.807, 2.05) is 6.92 Å². The molecule has 15 heavy (non-hydrogen) atoms. The van der Waals surface area contributed by atoms with Gasteiger partial charge in [-0.3, -0.25) is 4.79 Å². The fourth-order valence-corrected chi connectivity index (χ4v) is 0.924. The lowest BCUT2D eigenvalue weighted by Crippen LogP contribution is -2.09. The number of allylic oxidation sites excluding steroid dienone is 3. The van der Waals surface area contributed by atoms with Gasteiger partial charge in [-0.1, -0.05) is 19.6 Å². The summed E-state index contributed by atoms with van der Waals surface area (Å²) in [6.45, 7) is 6.43. The zero-order valence-electron chi connectivity index (χ0n) is 8.82. The molecule has 0 bridgehead atoms. The number of aliphatic carboxylic acids is 1. The minimum absolute atomic E-state index is 0.0531. The van der Waals surface area contributed by atoms with E-state index in [0.29, 0.717) is 6.42 Å². The Balaban J connectivity index is 5.11. The molecular formula is C11H14O4. The topological polar surface area (TPSA) is 63.6 Å². The van der Waals surface area contributed by atoms with Gasteiger partial charge in [0.1, 0.15) is 11.3 Å². The molecule has 0 saturated heterocycles. The van der Waals surface area contributed by atoms with Gasteiger partial charge >= 0.3 is 11.9 Å². The predicted octanol–water partition coefficient (Wildman–Crippen LogP) is 2.04. The molecule has 0 aromatic rings. The van der Waals surface area contributed by atoms with Crippen molar-refractivity contribution in [1.82, 2.24) is 0 Å². The third-order valence-corrected chi connectivity index (χ3v) is 1.42. The van der Waals surface area contributed by atoms with Gasteiger partial charge in [-0.25, -0.2) is 4.79 Å². The Morgan fingerprint density at radius 1 is 1.47 bits per heavy atom. The standard InChI is InChI=1S/C11H14O4/c1-4-6-9(11(13)14)10(7-5-2)15-8(3)12/h4,6-7H,1,5H2,2-3H3,(H,13,14)/b9-6+,10-7?. The van der Waals surface area contributed by atoms with Crippen LogP contribution in [0.3, 0.4) is 0 Å². The molecule has 4 heteroatoms. The summed E-state index contributed by atoms with van der Waals surface area (Å²) in [4.78, 5) is 21.6. The highest BCUT2D eigenvalue weighted by molar-refractivity contribution is 5.92. The Hall–Kier alpha value is -1.84. The van der Waals surface area contributed by atoms with E-state index in [1.165, 1.54) is 25.2 Å². The van der Waals surface area contributed by atoms with Crippen LogP contribution in [0, 0.1) is 0 Å². The number of ether oxygens (including phenoxy) is 1. The molecule has 1 N–H and O–H groups in total. The number of hydrogen-bond donors (Lipinski definition) is 1. The second-order valence-corrected chi connectivity index (χ2v) is 2.69. The van der Waals surface area contributed by atoms with E-state index in [9.17, 15) is 9.59 Å². The average Bonchev–Trinajstić information content (AvgIpc) is 2.12. The number of carboxylic acids is 1. The maximum Gasteiger partial charge on any atom is 0.339 e. The highest BCUT2D eigenvalue weighted by atomic mass is 16.5. The van der Waals surface area contributed by atoms with Gasteiger partial charge in [0.2, 0.25) is 0 Å². The number of esters is 1. The van der Waals surface area contributed by atoms with E-state index in [0.717, 1.165) is 0 Å². The van der Waals surface area contributed by atoms with Crippen LogP contribution < -0.4 is 0 Å². The first-order valence-electron chi connectivity index (χ1n) is 4.47. The zero-order chi connectivity index (χ0) is 11.8. The van der Waals surface area contributed by atoms with Crippen molar-refractivity contribution in [3.8, 4) is 0 Å². The number of carboxylic acid groups (broad SMARTS) is 1. The molecule has 0 aliphatic rings. The van der Waals surface area contributed by atoms with Crippen LogP contribution in [0.5, 0.6) is 0 Å². The largest absolute Gasteiger partial charge is 0.478 e. The van der Waals surface area contributed by atoms with Gasteiger partial charge in [0.25, 0.3) is 0 Å². The van der Waals surface area contributed by atoms with Crippen molar-refractivity contribution in [2.75, 3.05) is 0 Å². The molecule has 0 radical (unpaired) electrons. The lowest BCUT2D eigenvalue weighted by molar-refractivity contribution is -0.137. The van der Waals surface area contributed by atoms with Crippen LogP contribution in [0.1, 0.15) is 20.3 Å². The third-order valence-electron chi connectivity index (χ3n) is 1.42. The average molecular weight is 210 g/mol. The summed E-state index contributed by atoms with van der Waals surface area (Å²) >= 11 is 0. The molecule has 0 fully saturated rings. The molecule has 0 rings (SSSR count). The quantitative estimate of drug-likeness (QED) is 0.326. The zero-order valence-corrected chi connectivity index (χ0v) is 8.82. The Kier molecular flexibility index (Phi) is 5.78. The smallest absolute Gasteiger partial charge is 0.339 e. The fraction of sp³-hybridized carbons (Fsp3) is 0.273. The first kappa shape index (κ1) is 13.2. The van der Waals surface area contributed by atoms with Gasteiger partial charge in [-0.05, 0) is 18.6 Å². The molecule has 0 aromatic heterocycles. The Labute approximate surface area is 88.6 Å². The number of carbonyl (C=O) groups is 2. The molecule has 0 unspecified atom stereocenters. The van der Waals surface area contributed by atoms with Crippen LogP contribution in [0.25, 0.3) is 0 Å². The second kappa shape index (κ2) is 6.59. The molecule has 0 aliphatic carbocycles. The molecule has 82 valence electrons. The van der Waals surface area contributed by atoms with Crippen LogP contribution in [-0.4, -0.2) is 17.0 Å². The van der Waals surface area contributed by atoms with Gasteiger partial charge in [0, 0.05) is 6.92 Å². The molecular weight excluding hydrogens is 196 g/mol. The van der Waals surface area contributed by atoms with Crippen molar-refractivity contribution in [3.63, 3.8) is 0 Å². The molecule has 0 atom stereocenters. The van der Waals surface area contributed by atoms with E-state index < -0.39 is 11.9 Å². The first-order valence-corrected chi connectivity index (χ1v) is 4.47. The highest BCUT2D eigenvalue weighted by Crippen LogP contribution is 2.13. The Morgan fingerprint density at radius 3 is 2.40 bits per heavy atom. The second-order valence-electron chi connectivity index (χ2n) is 2.69. The first-order chi connectivity index (χ1) is 7.02. The molecule has 0 aliphatic heterocycles. The highest BCUT2D eigenvalue weighted by Gasteiger charge is 2.15. The minimum Gasteiger partial charge on any atom is -0.478 e. The maximum atomic E-state index is 10.8. The molecule has 0 amide bonds. The lowest BCUT2D eigenvalue weighted by Gasteiger charge is -2.06. The molecule has 4 nitrogen and oxygen atoms in total. The maximum absolute atomic E-state index is 10.8. The minimum atomic E-state index is -1.16. The van der Waals surface area contributed by atoms with Crippen molar-refractivity contribution < 1.29 is 19.4 Å². The SMILES string of the molecule is C=C/C=C(/C(=O)O)C(=CCC)OC(C)=O. The van der Waals surface area contributed by atoms with Gasteiger partial charge in [-0.2, -0.15) is 0 Å². The molecule has 0 spiro atoms. The van der Waals surface area contributed by atoms with Crippen molar-refractivity contribution in [2.24, 2.45) is 0 Å². The van der Waals surface area contributed by atoms with E-state index in [4.69, 9.17) is 9.84 Å². The van der Waals surface area contributed by atoms with Crippen LogP contribution >= 0.6 is 0 Å². The van der Waals surface area contributed by atoms with Crippen LogP contribution in [0.15, 0.2) is 36.1 Å². The summed E-state index contributed by atoms with van der Waals surface area (Å²) in [6.07, 6.45) is 4.72. The van der Waals surface area contributed by atoms with Crippen LogP contribution in [0.4, 0.5) is 0 Å². The van der Waals surface area contributed by atoms with Crippen molar-refractivity contribution in [1.29, 1.82) is 0 Å². The van der Waals surface area contributed by atoms with Crippen molar-refractivity contribution in [2.45, 2.75) is 20.3 Å². The normalized spacial score (nSPS) is 12.1. The van der Waals surface area contributed by atoms with Crippen LogP contribution in [0.2, 0.25) is 0 Å². The van der Waals surface area contributed by atoms with E-state index in [1.54, 1.807) is 0 Å². The van der Waals surface area contributed by atoms with Gasteiger partial charge < -0.3 is 9.84 Å². The number of rotatable bonds is 5. The number of carbonyl (C=O) groups excluding carboxylic acids is 1. The van der Waals surface area contributed by atoms with E-state index in [-0.39, 0.29) is 11.3 Å². The summed E-state index contributed by atoms with van der Waals surface area (Å²) < 4.78 is 4.79. The summed E-state index contributed by atoms with van der Waals surface area (Å²) in [5, 5.41) is 8.87. The summed E-state index contributed by atoms with van der Waals surface area (Å²) in [5.74, 6) is -1.65.